The van der Waals surface area contributed by atoms with Crippen molar-refractivity contribution in [1.82, 2.24) is 0 Å². The summed E-state index contributed by atoms with van der Waals surface area (Å²) in [4.78, 5) is 26.3. The Morgan fingerprint density at radius 2 is 1.14 bits per heavy atom. The van der Waals surface area contributed by atoms with Crippen molar-refractivity contribution in [3.8, 4) is 0 Å². The quantitative estimate of drug-likeness (QED) is 0.280. The molecule has 5 fully saturated rings. The Kier molecular flexibility index (Phi) is 11.4. The van der Waals surface area contributed by atoms with E-state index in [1.165, 1.54) is 82.6 Å². The lowest BCUT2D eigenvalue weighted by Crippen LogP contribution is -2.54. The average molecular weight is 853 g/mol. The highest BCUT2D eigenvalue weighted by Gasteiger charge is 2.62. The standard InChI is InChI=1S/C30H42O.C20H30O2.C10H12/c1-18(2)19-9-11-26-20(15-19)10-12-27-29(26,3)13-6-14-30(27,4)28(31)25-17-21-16-24(25)23-8-5-7-22(21)23;1-13(2)14-6-8-16-15(12-14)7-9-17-19(16,3)10-5-11-20(17,4)18(21)22;1-2-9-7-4-5-8(6-7)10(9)3-1/h5,7,10,15,18,21-27H,6,8-9,11-14,16-17H2,1-4H3;7,12-13,16-17H,5-6,8-11H2,1-4H3,(H,21,22);1-2,4-5,7-10H,3,6H2. The van der Waals surface area contributed by atoms with Gasteiger partial charge in [-0.15, -0.1) is 0 Å². The number of Topliss-reactive ketones (excluding diaryl/α,β-unsaturated/α-hetero) is 1. The Morgan fingerprint density at radius 1 is 0.603 bits per heavy atom. The second-order valence-electron chi connectivity index (χ2n) is 25.4. The van der Waals surface area contributed by atoms with Gasteiger partial charge in [0.05, 0.1) is 5.41 Å². The van der Waals surface area contributed by atoms with E-state index < -0.39 is 11.4 Å². The summed E-state index contributed by atoms with van der Waals surface area (Å²) in [6.07, 6.45) is 44.9. The zero-order chi connectivity index (χ0) is 44.2. The molecule has 0 aliphatic heterocycles. The van der Waals surface area contributed by atoms with E-state index in [1.807, 2.05) is 6.92 Å². The molecule has 12 rings (SSSR count). The minimum atomic E-state index is -0.588. The van der Waals surface area contributed by atoms with E-state index in [2.05, 4.69) is 109 Å². The summed E-state index contributed by atoms with van der Waals surface area (Å²) < 4.78 is 0. The summed E-state index contributed by atoms with van der Waals surface area (Å²) in [5.41, 5.74) is 6.15. The number of carbonyl (C=O) groups is 2. The first-order valence-corrected chi connectivity index (χ1v) is 26.7. The van der Waals surface area contributed by atoms with E-state index in [-0.39, 0.29) is 16.7 Å². The first kappa shape index (κ1) is 44.2. The molecule has 5 saturated carbocycles. The molecule has 3 nitrogen and oxygen atoms in total. The molecule has 4 bridgehead atoms. The fraction of sp³-hybridized carbons (Fsp3) is 0.733. The third-order valence-corrected chi connectivity index (χ3v) is 22.0. The molecular weight excluding hydrogens is 769 g/mol. The summed E-state index contributed by atoms with van der Waals surface area (Å²) >= 11 is 0. The van der Waals surface area contributed by atoms with Crippen molar-refractivity contribution >= 4 is 11.8 Å². The molecule has 0 saturated heterocycles. The summed E-state index contributed by atoms with van der Waals surface area (Å²) in [5, 5.41) is 9.83. The van der Waals surface area contributed by atoms with Crippen molar-refractivity contribution in [3.63, 3.8) is 0 Å². The van der Waals surface area contributed by atoms with Crippen LogP contribution in [0.2, 0.25) is 0 Å². The molecule has 342 valence electrons. The van der Waals surface area contributed by atoms with Gasteiger partial charge >= 0.3 is 5.97 Å². The van der Waals surface area contributed by atoms with Crippen LogP contribution in [0.1, 0.15) is 165 Å². The van der Waals surface area contributed by atoms with Gasteiger partial charge in [0.1, 0.15) is 5.78 Å². The number of hydrogen-bond donors (Lipinski definition) is 1. The normalized spacial score (nSPS) is 47.7. The molecule has 0 aromatic heterocycles. The number of ketones is 1. The number of carbonyl (C=O) groups excluding carboxylic acids is 1. The van der Waals surface area contributed by atoms with Gasteiger partial charge in [0, 0.05) is 11.3 Å². The lowest BCUT2D eigenvalue weighted by molar-refractivity contribution is -0.162. The van der Waals surface area contributed by atoms with Crippen LogP contribution in [0.5, 0.6) is 0 Å². The Bertz CT molecular complexity index is 2050. The van der Waals surface area contributed by atoms with Gasteiger partial charge in [-0.25, -0.2) is 0 Å². The monoisotopic (exact) mass is 853 g/mol. The molecule has 0 amide bonds. The third kappa shape index (κ3) is 7.05. The number of allylic oxidation sites excluding steroid dienone is 14. The summed E-state index contributed by atoms with van der Waals surface area (Å²) in [7, 11) is 0. The highest BCUT2D eigenvalue weighted by molar-refractivity contribution is 5.88. The van der Waals surface area contributed by atoms with Crippen LogP contribution in [0.15, 0.2) is 83.1 Å². The molecule has 0 aromatic rings. The van der Waals surface area contributed by atoms with Gasteiger partial charge in [0.2, 0.25) is 0 Å². The number of fused-ring (bicyclic) bond motifs is 16. The molecule has 12 aliphatic carbocycles. The largest absolute Gasteiger partial charge is 0.481 e. The molecule has 0 aromatic carbocycles. The van der Waals surface area contributed by atoms with Crippen LogP contribution in [0.4, 0.5) is 0 Å². The lowest BCUT2D eigenvalue weighted by atomic mass is 9.45. The zero-order valence-corrected chi connectivity index (χ0v) is 40.7. The summed E-state index contributed by atoms with van der Waals surface area (Å²) in [6, 6.07) is 0. The van der Waals surface area contributed by atoms with Crippen molar-refractivity contribution in [2.24, 2.45) is 110 Å². The topological polar surface area (TPSA) is 54.4 Å². The summed E-state index contributed by atoms with van der Waals surface area (Å²) in [5.74, 6) is 10.7. The number of hydrogen-bond acceptors (Lipinski definition) is 2. The molecule has 17 unspecified atom stereocenters. The zero-order valence-electron chi connectivity index (χ0n) is 40.7. The van der Waals surface area contributed by atoms with E-state index in [9.17, 15) is 14.7 Å². The fourth-order valence-electron chi connectivity index (χ4n) is 18.5. The maximum Gasteiger partial charge on any atom is 0.309 e. The average Bonchev–Trinajstić information content (AvgIpc) is 4.12. The van der Waals surface area contributed by atoms with Crippen molar-refractivity contribution in [2.75, 3.05) is 0 Å². The summed E-state index contributed by atoms with van der Waals surface area (Å²) in [6.45, 7) is 18.6. The predicted molar refractivity (Wildman–Crippen MR) is 258 cm³/mol. The molecule has 0 spiro atoms. The predicted octanol–water partition coefficient (Wildman–Crippen LogP) is 15.1. The Morgan fingerprint density at radius 3 is 1.71 bits per heavy atom. The van der Waals surface area contributed by atoms with Gasteiger partial charge in [0.15, 0.2) is 0 Å². The number of carboxylic acids is 1. The smallest absolute Gasteiger partial charge is 0.309 e. The van der Waals surface area contributed by atoms with E-state index >= 15 is 0 Å². The van der Waals surface area contributed by atoms with Crippen molar-refractivity contribution in [2.45, 2.75) is 165 Å². The van der Waals surface area contributed by atoms with E-state index in [1.54, 1.807) is 16.7 Å². The molecule has 1 N–H and O–H groups in total. The maximum absolute atomic E-state index is 14.3. The van der Waals surface area contributed by atoms with Crippen LogP contribution in [-0.2, 0) is 9.59 Å². The highest BCUT2D eigenvalue weighted by atomic mass is 16.4. The molecule has 63 heavy (non-hydrogen) atoms. The van der Waals surface area contributed by atoms with E-state index in [0.29, 0.717) is 52.6 Å². The first-order chi connectivity index (χ1) is 30.1. The second-order valence-corrected chi connectivity index (χ2v) is 25.4. The number of aliphatic carboxylic acids is 1. The minimum absolute atomic E-state index is 0.103. The Labute approximate surface area is 383 Å². The number of carboxylic acid groups (broad SMARTS) is 1. The minimum Gasteiger partial charge on any atom is -0.481 e. The Hall–Kier alpha value is -2.68. The number of rotatable bonds is 5. The van der Waals surface area contributed by atoms with E-state index in [4.69, 9.17) is 0 Å². The van der Waals surface area contributed by atoms with Crippen molar-refractivity contribution < 1.29 is 14.7 Å². The molecule has 12 aliphatic rings. The molecular formula is C60H84O3. The van der Waals surface area contributed by atoms with Gasteiger partial charge in [-0.3, -0.25) is 9.59 Å². The molecule has 17 atom stereocenters. The van der Waals surface area contributed by atoms with Crippen molar-refractivity contribution in [1.29, 1.82) is 0 Å². The van der Waals surface area contributed by atoms with Gasteiger partial charge in [0.25, 0.3) is 0 Å². The van der Waals surface area contributed by atoms with Crippen LogP contribution in [0.25, 0.3) is 0 Å². The lowest BCUT2D eigenvalue weighted by Gasteiger charge is -2.58. The Balaban J connectivity index is 0.000000127. The molecule has 0 radical (unpaired) electrons. The second kappa shape index (κ2) is 16.3. The maximum atomic E-state index is 14.3. The highest BCUT2D eigenvalue weighted by Crippen LogP contribution is 2.66. The van der Waals surface area contributed by atoms with E-state index in [0.717, 1.165) is 73.5 Å². The molecule has 3 heteroatoms. The SMILES string of the molecule is C1=CC2C3C=CC(C3)C2C1.CC(C)C1=CC2=CCC3C(C)(C(=O)C4CC5CC4C4CC=CC54)CCCC3(C)C2CC1.CC(C)C1=CC2=CCC3C(C)(C(=O)O)CCCC3(C)C2CC1. The fourth-order valence-corrected chi connectivity index (χ4v) is 18.5. The van der Waals surface area contributed by atoms with Gasteiger partial charge < -0.3 is 5.11 Å². The van der Waals surface area contributed by atoms with Gasteiger partial charge in [-0.1, -0.05) is 133 Å². The van der Waals surface area contributed by atoms with Gasteiger partial charge in [-0.2, -0.15) is 0 Å². The third-order valence-electron chi connectivity index (χ3n) is 22.0. The molecule has 0 heterocycles. The van der Waals surface area contributed by atoms with Crippen LogP contribution in [0.3, 0.4) is 0 Å². The van der Waals surface area contributed by atoms with Crippen LogP contribution >= 0.6 is 0 Å². The van der Waals surface area contributed by atoms with Crippen LogP contribution in [-0.4, -0.2) is 16.9 Å². The van der Waals surface area contributed by atoms with Crippen LogP contribution in [0, 0.1) is 110 Å². The van der Waals surface area contributed by atoms with Gasteiger partial charge in [-0.05, 0) is 208 Å². The van der Waals surface area contributed by atoms with Crippen LogP contribution < -0.4 is 0 Å². The van der Waals surface area contributed by atoms with Crippen molar-refractivity contribution in [3.05, 3.63) is 83.1 Å². The first-order valence-electron chi connectivity index (χ1n) is 26.7.